The van der Waals surface area contributed by atoms with Crippen LogP contribution in [-0.4, -0.2) is 43.5 Å². The van der Waals surface area contributed by atoms with Gasteiger partial charge in [0, 0.05) is 31.0 Å². The van der Waals surface area contributed by atoms with E-state index >= 15 is 0 Å². The predicted molar refractivity (Wildman–Crippen MR) is 103 cm³/mol. The van der Waals surface area contributed by atoms with E-state index in [-0.39, 0.29) is 17.7 Å². The fraction of sp³-hybridized carbons (Fsp3) is 0.500. The van der Waals surface area contributed by atoms with Crippen molar-refractivity contribution in [3.05, 3.63) is 24.5 Å². The number of hydrogen-bond acceptors (Lipinski definition) is 6. The van der Waals surface area contributed by atoms with Crippen LogP contribution >= 0.6 is 11.8 Å². The molecule has 2 atom stereocenters. The lowest BCUT2D eigenvalue weighted by molar-refractivity contribution is -0.117. The van der Waals surface area contributed by atoms with Crippen molar-refractivity contribution in [2.45, 2.75) is 43.8 Å². The quantitative estimate of drug-likeness (QED) is 0.763. The number of hydrogen-bond donors (Lipinski definition) is 2. The first-order valence-electron chi connectivity index (χ1n) is 9.07. The Morgan fingerprint density at radius 1 is 1.30 bits per heavy atom. The van der Waals surface area contributed by atoms with Crippen LogP contribution in [0, 0.1) is 5.92 Å². The molecule has 2 aromatic rings. The Labute approximate surface area is 162 Å². The largest absolute Gasteiger partial charge is 0.335 e. The third kappa shape index (κ3) is 5.06. The molecule has 1 saturated carbocycles. The van der Waals surface area contributed by atoms with Gasteiger partial charge in [0.05, 0.1) is 5.75 Å². The monoisotopic (exact) mass is 388 g/mol. The zero-order valence-electron chi connectivity index (χ0n) is 15.5. The lowest BCUT2D eigenvalue weighted by Gasteiger charge is -2.29. The summed E-state index contributed by atoms with van der Waals surface area (Å²) in [6.45, 7) is 2.13. The number of amides is 3. The van der Waals surface area contributed by atoms with Crippen molar-refractivity contribution in [1.82, 2.24) is 30.4 Å². The molecule has 0 bridgehead atoms. The maximum Gasteiger partial charge on any atom is 0.321 e. The van der Waals surface area contributed by atoms with Gasteiger partial charge >= 0.3 is 6.03 Å². The number of carbonyl (C=O) groups excluding carboxylic acids is 2. The van der Waals surface area contributed by atoms with Gasteiger partial charge in [-0.05, 0) is 30.9 Å². The summed E-state index contributed by atoms with van der Waals surface area (Å²) in [5.74, 6) is 0.854. The van der Waals surface area contributed by atoms with Gasteiger partial charge in [-0.15, -0.1) is 10.2 Å². The van der Waals surface area contributed by atoms with Gasteiger partial charge in [-0.2, -0.15) is 0 Å². The maximum absolute atomic E-state index is 12.1. The van der Waals surface area contributed by atoms with Gasteiger partial charge in [0.1, 0.15) is 0 Å². The molecule has 2 N–H and O–H groups in total. The highest BCUT2D eigenvalue weighted by Crippen LogP contribution is 2.24. The molecule has 0 aliphatic heterocycles. The fourth-order valence-electron chi connectivity index (χ4n) is 3.21. The van der Waals surface area contributed by atoms with Crippen molar-refractivity contribution in [3.63, 3.8) is 0 Å². The summed E-state index contributed by atoms with van der Waals surface area (Å²) in [6.07, 6.45) is 7.80. The van der Waals surface area contributed by atoms with Gasteiger partial charge in [-0.3, -0.25) is 15.1 Å². The normalized spacial score (nSPS) is 19.5. The number of imide groups is 1. The molecule has 1 aliphatic rings. The van der Waals surface area contributed by atoms with Crippen molar-refractivity contribution >= 4 is 23.7 Å². The Morgan fingerprint density at radius 2 is 2.11 bits per heavy atom. The zero-order valence-corrected chi connectivity index (χ0v) is 16.3. The fourth-order valence-corrected chi connectivity index (χ4v) is 3.93. The van der Waals surface area contributed by atoms with Gasteiger partial charge in [0.15, 0.2) is 11.0 Å². The number of thioether (sulfide) groups is 1. The second kappa shape index (κ2) is 8.98. The summed E-state index contributed by atoms with van der Waals surface area (Å²) in [4.78, 5) is 28.2. The van der Waals surface area contributed by atoms with Gasteiger partial charge in [0.2, 0.25) is 5.91 Å². The molecule has 2 aromatic heterocycles. The van der Waals surface area contributed by atoms with E-state index in [1.165, 1.54) is 18.2 Å². The molecule has 2 heterocycles. The molecule has 3 rings (SSSR count). The standard InChI is InChI=1S/C18H24N6O2S/c1-12-6-3-4-8-14(12)20-17(26)21-15(25)11-27-18-23-22-16(24(18)2)13-7-5-9-19-10-13/h5,7,9-10,12,14H,3-4,6,8,11H2,1-2H3,(H2,20,21,25,26)/t12-,14+/m0/s1. The van der Waals surface area contributed by atoms with Crippen LogP contribution in [0.25, 0.3) is 11.4 Å². The van der Waals surface area contributed by atoms with E-state index in [0.717, 1.165) is 24.8 Å². The number of rotatable bonds is 5. The minimum Gasteiger partial charge on any atom is -0.335 e. The van der Waals surface area contributed by atoms with Crippen LogP contribution in [0.3, 0.4) is 0 Å². The van der Waals surface area contributed by atoms with E-state index in [1.807, 2.05) is 19.2 Å². The molecule has 0 radical (unpaired) electrons. The van der Waals surface area contributed by atoms with Crippen LogP contribution in [0.15, 0.2) is 29.7 Å². The summed E-state index contributed by atoms with van der Waals surface area (Å²) < 4.78 is 1.80. The Hall–Kier alpha value is -2.42. The molecule has 0 aromatic carbocycles. The van der Waals surface area contributed by atoms with Crippen molar-refractivity contribution < 1.29 is 9.59 Å². The van der Waals surface area contributed by atoms with Gasteiger partial charge in [0.25, 0.3) is 0 Å². The Balaban J connectivity index is 1.49. The third-order valence-electron chi connectivity index (χ3n) is 4.77. The van der Waals surface area contributed by atoms with Gasteiger partial charge in [-0.1, -0.05) is 31.5 Å². The minimum atomic E-state index is -0.423. The molecule has 0 saturated heterocycles. The highest BCUT2D eigenvalue weighted by atomic mass is 32.2. The minimum absolute atomic E-state index is 0.0899. The summed E-state index contributed by atoms with van der Waals surface area (Å²) in [5.41, 5.74) is 0.852. The Morgan fingerprint density at radius 3 is 2.85 bits per heavy atom. The van der Waals surface area contributed by atoms with Gasteiger partial charge < -0.3 is 9.88 Å². The summed E-state index contributed by atoms with van der Waals surface area (Å²) >= 11 is 1.24. The number of pyridine rings is 1. The summed E-state index contributed by atoms with van der Waals surface area (Å²) in [6, 6.07) is 3.44. The van der Waals surface area contributed by atoms with Crippen molar-refractivity contribution in [2.24, 2.45) is 13.0 Å². The smallest absolute Gasteiger partial charge is 0.321 e. The molecule has 3 amide bonds. The zero-order chi connectivity index (χ0) is 19.2. The van der Waals surface area contributed by atoms with Crippen LogP contribution in [0.2, 0.25) is 0 Å². The summed E-state index contributed by atoms with van der Waals surface area (Å²) in [7, 11) is 1.83. The molecule has 9 heteroatoms. The molecular formula is C18H24N6O2S. The van der Waals surface area contributed by atoms with Crippen LogP contribution < -0.4 is 10.6 Å². The first-order chi connectivity index (χ1) is 13.0. The topological polar surface area (TPSA) is 102 Å². The summed E-state index contributed by atoms with van der Waals surface area (Å²) in [5, 5.41) is 14.2. The van der Waals surface area contributed by atoms with Crippen LogP contribution in [0.1, 0.15) is 32.6 Å². The molecule has 1 fully saturated rings. The van der Waals surface area contributed by atoms with Crippen LogP contribution in [0.4, 0.5) is 4.79 Å². The lowest BCUT2D eigenvalue weighted by Crippen LogP contribution is -2.48. The van der Waals surface area contributed by atoms with E-state index in [9.17, 15) is 9.59 Å². The van der Waals surface area contributed by atoms with Crippen molar-refractivity contribution in [2.75, 3.05) is 5.75 Å². The molecule has 1 aliphatic carbocycles. The van der Waals surface area contributed by atoms with Crippen molar-refractivity contribution in [1.29, 1.82) is 0 Å². The molecule has 27 heavy (non-hydrogen) atoms. The lowest BCUT2D eigenvalue weighted by atomic mass is 9.86. The molecule has 0 unspecified atom stereocenters. The van der Waals surface area contributed by atoms with Crippen LogP contribution in [-0.2, 0) is 11.8 Å². The SMILES string of the molecule is C[C@H]1CCCC[C@H]1NC(=O)NC(=O)CSc1nnc(-c2cccnc2)n1C. The molecular weight excluding hydrogens is 364 g/mol. The van der Waals surface area contributed by atoms with E-state index in [4.69, 9.17) is 0 Å². The first kappa shape index (κ1) is 19.3. The third-order valence-corrected chi connectivity index (χ3v) is 5.79. The maximum atomic E-state index is 12.1. The highest BCUT2D eigenvalue weighted by Gasteiger charge is 2.23. The number of carbonyl (C=O) groups is 2. The van der Waals surface area contributed by atoms with Gasteiger partial charge in [-0.25, -0.2) is 4.79 Å². The number of urea groups is 1. The molecule has 0 spiro atoms. The number of nitrogens with one attached hydrogen (secondary N) is 2. The molecule has 144 valence electrons. The number of nitrogens with zero attached hydrogens (tertiary/aromatic N) is 4. The first-order valence-corrected chi connectivity index (χ1v) is 10.1. The molecule has 8 nitrogen and oxygen atoms in total. The van der Waals surface area contributed by atoms with E-state index in [1.54, 1.807) is 17.0 Å². The average molecular weight is 388 g/mol. The second-order valence-corrected chi connectivity index (χ2v) is 7.73. The average Bonchev–Trinajstić information content (AvgIpc) is 3.03. The Bertz CT molecular complexity index is 794. The van der Waals surface area contributed by atoms with E-state index in [2.05, 4.69) is 32.7 Å². The van der Waals surface area contributed by atoms with Crippen LogP contribution in [0.5, 0.6) is 0 Å². The number of aromatic nitrogens is 4. The van der Waals surface area contributed by atoms with E-state index < -0.39 is 6.03 Å². The van der Waals surface area contributed by atoms with Crippen molar-refractivity contribution in [3.8, 4) is 11.4 Å². The predicted octanol–water partition coefficient (Wildman–Crippen LogP) is 2.37. The van der Waals surface area contributed by atoms with E-state index in [0.29, 0.717) is 16.9 Å². The Kier molecular flexibility index (Phi) is 6.44. The second-order valence-electron chi connectivity index (χ2n) is 6.79. The highest BCUT2D eigenvalue weighted by molar-refractivity contribution is 7.99.